The Bertz CT molecular complexity index is 374. The summed E-state index contributed by atoms with van der Waals surface area (Å²) in [7, 11) is 1.61. The van der Waals surface area contributed by atoms with E-state index in [-0.39, 0.29) is 18.1 Å². The van der Waals surface area contributed by atoms with Crippen LogP contribution in [0, 0.1) is 0 Å². The number of nitrogens with one attached hydrogen (secondary N) is 1. The van der Waals surface area contributed by atoms with Crippen LogP contribution in [-0.4, -0.2) is 25.2 Å². The molecule has 1 aliphatic heterocycles. The minimum Gasteiger partial charge on any atom is -0.497 e. The zero-order chi connectivity index (χ0) is 11.5. The standard InChI is InChI=1S/C12H15NO3/c1-3-10-11(16-10)12(14)13-8-4-6-9(15-2)7-5-8/h4-7,10-11H,3H2,1-2H3,(H,13,14)/t10-,11-/m1/s1. The summed E-state index contributed by atoms with van der Waals surface area (Å²) >= 11 is 0. The van der Waals surface area contributed by atoms with E-state index in [1.807, 2.05) is 6.92 Å². The summed E-state index contributed by atoms with van der Waals surface area (Å²) in [5.41, 5.74) is 0.760. The number of hydrogen-bond acceptors (Lipinski definition) is 3. The van der Waals surface area contributed by atoms with Crippen molar-refractivity contribution >= 4 is 11.6 Å². The Labute approximate surface area is 94.6 Å². The highest BCUT2D eigenvalue weighted by Gasteiger charge is 2.43. The van der Waals surface area contributed by atoms with Gasteiger partial charge in [0.25, 0.3) is 5.91 Å². The molecular weight excluding hydrogens is 206 g/mol. The van der Waals surface area contributed by atoms with Gasteiger partial charge in [0, 0.05) is 5.69 Å². The molecule has 1 aromatic carbocycles. The number of hydrogen-bond donors (Lipinski definition) is 1. The summed E-state index contributed by atoms with van der Waals surface area (Å²) < 4.78 is 10.2. The van der Waals surface area contributed by atoms with Crippen molar-refractivity contribution in [1.82, 2.24) is 0 Å². The molecule has 0 saturated carbocycles. The van der Waals surface area contributed by atoms with Gasteiger partial charge in [0.15, 0.2) is 6.10 Å². The van der Waals surface area contributed by atoms with E-state index in [9.17, 15) is 4.79 Å². The minimum absolute atomic E-state index is 0.0722. The van der Waals surface area contributed by atoms with E-state index < -0.39 is 0 Å². The third kappa shape index (κ3) is 2.33. The predicted octanol–water partition coefficient (Wildman–Crippen LogP) is 1.81. The lowest BCUT2D eigenvalue weighted by Gasteiger charge is -2.04. The average molecular weight is 221 g/mol. The Morgan fingerprint density at radius 1 is 1.44 bits per heavy atom. The summed E-state index contributed by atoms with van der Waals surface area (Å²) in [6, 6.07) is 7.22. The maximum Gasteiger partial charge on any atom is 0.256 e. The zero-order valence-electron chi connectivity index (χ0n) is 9.40. The van der Waals surface area contributed by atoms with Crippen molar-refractivity contribution in [2.75, 3.05) is 12.4 Å². The summed E-state index contributed by atoms with van der Waals surface area (Å²) in [6.07, 6.45) is 0.700. The van der Waals surface area contributed by atoms with Crippen molar-refractivity contribution in [2.24, 2.45) is 0 Å². The summed E-state index contributed by atoms with van der Waals surface area (Å²) in [6.45, 7) is 2.01. The van der Waals surface area contributed by atoms with Gasteiger partial charge in [-0.25, -0.2) is 0 Å². The first kappa shape index (κ1) is 11.0. The number of ether oxygens (including phenoxy) is 2. The minimum atomic E-state index is -0.271. The van der Waals surface area contributed by atoms with Gasteiger partial charge >= 0.3 is 0 Å². The molecule has 0 radical (unpaired) electrons. The van der Waals surface area contributed by atoms with Gasteiger partial charge in [0.2, 0.25) is 0 Å². The molecule has 4 nitrogen and oxygen atoms in total. The van der Waals surface area contributed by atoms with E-state index in [1.165, 1.54) is 0 Å². The van der Waals surface area contributed by atoms with Crippen molar-refractivity contribution in [2.45, 2.75) is 25.6 Å². The smallest absolute Gasteiger partial charge is 0.256 e. The maximum atomic E-state index is 11.6. The molecule has 2 rings (SSSR count). The lowest BCUT2D eigenvalue weighted by molar-refractivity contribution is -0.117. The fraction of sp³-hybridized carbons (Fsp3) is 0.417. The second kappa shape index (κ2) is 4.53. The summed E-state index contributed by atoms with van der Waals surface area (Å²) in [5.74, 6) is 0.698. The van der Waals surface area contributed by atoms with Crippen molar-refractivity contribution < 1.29 is 14.3 Å². The highest BCUT2D eigenvalue weighted by Crippen LogP contribution is 2.26. The first-order chi connectivity index (χ1) is 7.74. The van der Waals surface area contributed by atoms with Gasteiger partial charge in [-0.3, -0.25) is 4.79 Å². The molecule has 1 fully saturated rings. The van der Waals surface area contributed by atoms with Gasteiger partial charge < -0.3 is 14.8 Å². The Hall–Kier alpha value is -1.55. The largest absolute Gasteiger partial charge is 0.497 e. The van der Waals surface area contributed by atoms with Gasteiger partial charge in [-0.15, -0.1) is 0 Å². The molecule has 1 amide bonds. The molecule has 0 bridgehead atoms. The number of epoxide rings is 1. The van der Waals surface area contributed by atoms with Crippen LogP contribution in [0.1, 0.15) is 13.3 Å². The predicted molar refractivity (Wildman–Crippen MR) is 60.6 cm³/mol. The number of rotatable bonds is 4. The average Bonchev–Trinajstić information content (AvgIpc) is 3.09. The SMILES string of the molecule is CC[C@H]1O[C@H]1C(=O)Nc1ccc(OC)cc1. The molecule has 1 saturated heterocycles. The van der Waals surface area contributed by atoms with E-state index in [4.69, 9.17) is 9.47 Å². The molecule has 86 valence electrons. The second-order valence-electron chi connectivity index (χ2n) is 3.72. The Morgan fingerprint density at radius 3 is 2.62 bits per heavy atom. The van der Waals surface area contributed by atoms with E-state index >= 15 is 0 Å². The first-order valence-corrected chi connectivity index (χ1v) is 5.35. The molecule has 4 heteroatoms. The quantitative estimate of drug-likeness (QED) is 0.789. The molecule has 1 aliphatic rings. The summed E-state index contributed by atoms with van der Waals surface area (Å²) in [5, 5.41) is 2.80. The van der Waals surface area contributed by atoms with Crippen LogP contribution in [0.2, 0.25) is 0 Å². The topological polar surface area (TPSA) is 50.9 Å². The van der Waals surface area contributed by atoms with Crippen LogP contribution in [0.5, 0.6) is 5.75 Å². The van der Waals surface area contributed by atoms with Gasteiger partial charge in [0.1, 0.15) is 5.75 Å². The fourth-order valence-corrected chi connectivity index (χ4v) is 1.57. The van der Waals surface area contributed by atoms with E-state index in [1.54, 1.807) is 31.4 Å². The number of amides is 1. The molecule has 16 heavy (non-hydrogen) atoms. The lowest BCUT2D eigenvalue weighted by Crippen LogP contribution is -2.19. The van der Waals surface area contributed by atoms with Gasteiger partial charge in [-0.2, -0.15) is 0 Å². The molecule has 0 unspecified atom stereocenters. The lowest BCUT2D eigenvalue weighted by atomic mass is 10.2. The van der Waals surface area contributed by atoms with Gasteiger partial charge in [-0.1, -0.05) is 6.92 Å². The van der Waals surface area contributed by atoms with Crippen LogP contribution in [-0.2, 0) is 9.53 Å². The monoisotopic (exact) mass is 221 g/mol. The van der Waals surface area contributed by atoms with Crippen molar-refractivity contribution in [3.63, 3.8) is 0 Å². The molecular formula is C12H15NO3. The third-order valence-electron chi connectivity index (χ3n) is 2.60. The second-order valence-corrected chi connectivity index (χ2v) is 3.72. The van der Waals surface area contributed by atoms with Gasteiger partial charge in [-0.05, 0) is 30.7 Å². The van der Waals surface area contributed by atoms with E-state index in [0.29, 0.717) is 0 Å². The van der Waals surface area contributed by atoms with E-state index in [2.05, 4.69) is 5.32 Å². The number of carbonyl (C=O) groups is 1. The molecule has 0 aromatic heterocycles. The normalized spacial score (nSPS) is 22.6. The number of carbonyl (C=O) groups excluding carboxylic acids is 1. The van der Waals surface area contributed by atoms with Crippen molar-refractivity contribution in [1.29, 1.82) is 0 Å². The van der Waals surface area contributed by atoms with Crippen LogP contribution in [0.4, 0.5) is 5.69 Å². The highest BCUT2D eigenvalue weighted by atomic mass is 16.6. The summed E-state index contributed by atoms with van der Waals surface area (Å²) in [4.78, 5) is 11.6. The van der Waals surface area contributed by atoms with Crippen LogP contribution < -0.4 is 10.1 Å². The van der Waals surface area contributed by atoms with Crippen LogP contribution >= 0.6 is 0 Å². The Kier molecular flexibility index (Phi) is 3.10. The fourth-order valence-electron chi connectivity index (χ4n) is 1.57. The van der Waals surface area contributed by atoms with Crippen molar-refractivity contribution in [3.8, 4) is 5.75 Å². The molecule has 0 spiro atoms. The molecule has 0 aliphatic carbocycles. The Balaban J connectivity index is 1.91. The first-order valence-electron chi connectivity index (χ1n) is 5.35. The maximum absolute atomic E-state index is 11.6. The molecule has 1 aromatic rings. The third-order valence-corrected chi connectivity index (χ3v) is 2.60. The van der Waals surface area contributed by atoms with E-state index in [0.717, 1.165) is 17.9 Å². The van der Waals surface area contributed by atoms with Crippen LogP contribution in [0.3, 0.4) is 0 Å². The Morgan fingerprint density at radius 2 is 2.12 bits per heavy atom. The van der Waals surface area contributed by atoms with Gasteiger partial charge in [0.05, 0.1) is 13.2 Å². The molecule has 2 atom stereocenters. The van der Waals surface area contributed by atoms with Crippen LogP contribution in [0.25, 0.3) is 0 Å². The highest BCUT2D eigenvalue weighted by molar-refractivity contribution is 5.96. The molecule has 1 heterocycles. The van der Waals surface area contributed by atoms with Crippen molar-refractivity contribution in [3.05, 3.63) is 24.3 Å². The number of methoxy groups -OCH3 is 1. The number of anilines is 1. The zero-order valence-corrected chi connectivity index (χ0v) is 9.40. The van der Waals surface area contributed by atoms with Crippen LogP contribution in [0.15, 0.2) is 24.3 Å². The molecule has 1 N–H and O–H groups in total. The number of benzene rings is 1.